The molecule has 3 N–H and O–H groups in total. The van der Waals surface area contributed by atoms with Gasteiger partial charge in [-0.2, -0.15) is 18.3 Å². The Kier molecular flexibility index (Phi) is 2.58. The number of alkyl halides is 3. The van der Waals surface area contributed by atoms with Gasteiger partial charge in [-0.25, -0.2) is 0 Å². The Morgan fingerprint density at radius 3 is 2.69 bits per heavy atom. The summed E-state index contributed by atoms with van der Waals surface area (Å²) < 4.78 is 37.8. The number of hydrazine groups is 1. The van der Waals surface area contributed by atoms with E-state index in [-0.39, 0.29) is 12.1 Å². The summed E-state index contributed by atoms with van der Waals surface area (Å²) in [4.78, 5) is 0. The number of rotatable bonds is 2. The second-order valence-corrected chi connectivity index (χ2v) is 2.56. The minimum Gasteiger partial charge on any atom is -0.275 e. The maximum atomic E-state index is 12.2. The number of aryl methyl sites for hydroxylation is 1. The molecule has 1 heterocycles. The molecule has 74 valence electrons. The molecule has 0 aromatic carbocycles. The first-order chi connectivity index (χ1) is 5.95. The van der Waals surface area contributed by atoms with Crippen LogP contribution in [-0.4, -0.2) is 9.78 Å². The van der Waals surface area contributed by atoms with Gasteiger partial charge in [-0.05, 0) is 0 Å². The van der Waals surface area contributed by atoms with E-state index in [0.717, 1.165) is 4.68 Å². The molecule has 0 aliphatic heterocycles. The number of halogens is 3. The highest BCUT2D eigenvalue weighted by Crippen LogP contribution is 2.30. The van der Waals surface area contributed by atoms with Crippen molar-refractivity contribution in [3.8, 4) is 0 Å². The molecule has 0 aliphatic carbocycles. The summed E-state index contributed by atoms with van der Waals surface area (Å²) in [6.45, 7) is -0.0529. The molecule has 0 unspecified atom stereocenters. The van der Waals surface area contributed by atoms with Gasteiger partial charge in [0.1, 0.15) is 0 Å². The van der Waals surface area contributed by atoms with E-state index >= 15 is 0 Å². The smallest absolute Gasteiger partial charge is 0.275 e. The lowest BCUT2D eigenvalue weighted by molar-refractivity contribution is -0.142. The van der Waals surface area contributed by atoms with E-state index in [1.807, 2.05) is 0 Å². The third-order valence-electron chi connectivity index (χ3n) is 1.47. The zero-order valence-corrected chi connectivity index (χ0v) is 6.89. The van der Waals surface area contributed by atoms with Gasteiger partial charge in [0.05, 0.1) is 0 Å². The van der Waals surface area contributed by atoms with Crippen molar-refractivity contribution in [1.29, 1.82) is 0 Å². The van der Waals surface area contributed by atoms with E-state index in [1.54, 1.807) is 0 Å². The molecule has 0 fully saturated rings. The Morgan fingerprint density at radius 1 is 1.62 bits per heavy atom. The number of nitrogens with one attached hydrogen (secondary N) is 1. The molecule has 1 aromatic heterocycles. The van der Waals surface area contributed by atoms with Crippen LogP contribution in [0.1, 0.15) is 11.3 Å². The molecule has 4 nitrogen and oxygen atoms in total. The largest absolute Gasteiger partial charge is 0.435 e. The number of nitrogens with two attached hydrogens (primary N) is 1. The number of aromatic nitrogens is 2. The summed E-state index contributed by atoms with van der Waals surface area (Å²) in [6, 6.07) is 0. The van der Waals surface area contributed by atoms with Gasteiger partial charge in [0, 0.05) is 25.4 Å². The fraction of sp³-hybridized carbons (Fsp3) is 0.500. The summed E-state index contributed by atoms with van der Waals surface area (Å²) in [5, 5.41) is 3.30. The van der Waals surface area contributed by atoms with Crippen molar-refractivity contribution in [2.75, 3.05) is 0 Å². The van der Waals surface area contributed by atoms with Crippen LogP contribution < -0.4 is 11.3 Å². The van der Waals surface area contributed by atoms with E-state index in [9.17, 15) is 13.2 Å². The van der Waals surface area contributed by atoms with E-state index in [4.69, 9.17) is 5.84 Å². The first-order valence-corrected chi connectivity index (χ1v) is 3.48. The number of hydrogen-bond acceptors (Lipinski definition) is 3. The minimum atomic E-state index is -4.42. The average molecular weight is 194 g/mol. The van der Waals surface area contributed by atoms with Gasteiger partial charge in [0.15, 0.2) is 5.69 Å². The second kappa shape index (κ2) is 3.35. The summed E-state index contributed by atoms with van der Waals surface area (Å²) >= 11 is 0. The van der Waals surface area contributed by atoms with Gasteiger partial charge < -0.3 is 0 Å². The van der Waals surface area contributed by atoms with Crippen LogP contribution in [0.2, 0.25) is 0 Å². The molecule has 0 amide bonds. The predicted molar refractivity (Wildman–Crippen MR) is 39.2 cm³/mol. The standard InChI is InChI=1S/C6H9F3N4/c1-13-3-4(2-11-10)5(12-13)6(7,8)9/h3,11H,2,10H2,1H3. The zero-order chi connectivity index (χ0) is 10.1. The maximum absolute atomic E-state index is 12.2. The zero-order valence-electron chi connectivity index (χ0n) is 6.89. The van der Waals surface area contributed by atoms with Crippen molar-refractivity contribution in [2.45, 2.75) is 12.7 Å². The molecule has 0 radical (unpaired) electrons. The van der Waals surface area contributed by atoms with Crippen molar-refractivity contribution in [2.24, 2.45) is 12.9 Å². The van der Waals surface area contributed by atoms with E-state index < -0.39 is 11.9 Å². The summed E-state index contributed by atoms with van der Waals surface area (Å²) in [6.07, 6.45) is -3.14. The van der Waals surface area contributed by atoms with Gasteiger partial charge in [-0.3, -0.25) is 16.0 Å². The maximum Gasteiger partial charge on any atom is 0.435 e. The number of nitrogens with zero attached hydrogens (tertiary/aromatic N) is 2. The van der Waals surface area contributed by atoms with Crippen molar-refractivity contribution in [1.82, 2.24) is 15.2 Å². The molecule has 13 heavy (non-hydrogen) atoms. The highest BCUT2D eigenvalue weighted by Gasteiger charge is 2.36. The van der Waals surface area contributed by atoms with Gasteiger partial charge in [0.2, 0.25) is 0 Å². The van der Waals surface area contributed by atoms with Crippen LogP contribution in [0.15, 0.2) is 6.20 Å². The number of hydrogen-bond donors (Lipinski definition) is 2. The summed E-state index contributed by atoms with van der Waals surface area (Å²) in [7, 11) is 1.43. The fourth-order valence-corrected chi connectivity index (χ4v) is 1.02. The van der Waals surface area contributed by atoms with Crippen LogP contribution in [0, 0.1) is 0 Å². The fourth-order valence-electron chi connectivity index (χ4n) is 1.02. The molecular formula is C6H9F3N4. The summed E-state index contributed by atoms with van der Waals surface area (Å²) in [5.41, 5.74) is 1.30. The van der Waals surface area contributed by atoms with Gasteiger partial charge in [-0.15, -0.1) is 0 Å². The molecule has 0 saturated carbocycles. The molecule has 0 aliphatic rings. The Labute approximate surface area is 72.5 Å². The first-order valence-electron chi connectivity index (χ1n) is 3.48. The topological polar surface area (TPSA) is 55.9 Å². The van der Waals surface area contributed by atoms with E-state index in [1.165, 1.54) is 13.2 Å². The lowest BCUT2D eigenvalue weighted by Gasteiger charge is -2.04. The molecule has 1 aromatic rings. The van der Waals surface area contributed by atoms with Crippen LogP contribution in [0.5, 0.6) is 0 Å². The Morgan fingerprint density at radius 2 is 2.23 bits per heavy atom. The Bertz CT molecular complexity index is 291. The highest BCUT2D eigenvalue weighted by molar-refractivity contribution is 5.19. The van der Waals surface area contributed by atoms with Crippen LogP contribution in [0.4, 0.5) is 13.2 Å². The lowest BCUT2D eigenvalue weighted by Crippen LogP contribution is -2.22. The monoisotopic (exact) mass is 194 g/mol. The first kappa shape index (κ1) is 10.0. The Balaban J connectivity index is 3.04. The summed E-state index contributed by atoms with van der Waals surface area (Å²) in [5.74, 6) is 4.93. The Hall–Kier alpha value is -1.08. The SMILES string of the molecule is Cn1cc(CNN)c(C(F)(F)F)n1. The van der Waals surface area contributed by atoms with E-state index in [2.05, 4.69) is 10.5 Å². The average Bonchev–Trinajstić information content (AvgIpc) is 2.30. The minimum absolute atomic E-state index is 0.0394. The molecule has 1 rings (SSSR count). The second-order valence-electron chi connectivity index (χ2n) is 2.56. The predicted octanol–water partition coefficient (Wildman–Crippen LogP) is 0.402. The van der Waals surface area contributed by atoms with Crippen LogP contribution in [0.3, 0.4) is 0 Å². The van der Waals surface area contributed by atoms with Crippen LogP contribution in [0.25, 0.3) is 0 Å². The molecule has 0 spiro atoms. The van der Waals surface area contributed by atoms with Crippen LogP contribution in [-0.2, 0) is 19.8 Å². The van der Waals surface area contributed by atoms with Crippen molar-refractivity contribution in [3.05, 3.63) is 17.5 Å². The van der Waals surface area contributed by atoms with Gasteiger partial charge in [0.25, 0.3) is 0 Å². The lowest BCUT2D eigenvalue weighted by atomic mass is 10.2. The van der Waals surface area contributed by atoms with Gasteiger partial charge in [-0.1, -0.05) is 0 Å². The molecule has 0 atom stereocenters. The van der Waals surface area contributed by atoms with Crippen LogP contribution >= 0.6 is 0 Å². The highest BCUT2D eigenvalue weighted by atomic mass is 19.4. The quantitative estimate of drug-likeness (QED) is 0.529. The molecular weight excluding hydrogens is 185 g/mol. The molecule has 0 saturated heterocycles. The third-order valence-corrected chi connectivity index (χ3v) is 1.47. The third kappa shape index (κ3) is 2.19. The normalized spacial score (nSPS) is 12.1. The van der Waals surface area contributed by atoms with Crippen molar-refractivity contribution < 1.29 is 13.2 Å². The molecule has 0 bridgehead atoms. The van der Waals surface area contributed by atoms with Crippen molar-refractivity contribution >= 4 is 0 Å². The molecule has 7 heteroatoms. The van der Waals surface area contributed by atoms with E-state index in [0.29, 0.717) is 0 Å². The van der Waals surface area contributed by atoms with Gasteiger partial charge >= 0.3 is 6.18 Å². The van der Waals surface area contributed by atoms with Crippen molar-refractivity contribution in [3.63, 3.8) is 0 Å².